The van der Waals surface area contributed by atoms with Crippen molar-refractivity contribution < 1.29 is 15.0 Å². The lowest BCUT2D eigenvalue weighted by molar-refractivity contribution is -0.161. The highest BCUT2D eigenvalue weighted by Gasteiger charge is 2.43. The normalized spacial score (nSPS) is 15.4. The van der Waals surface area contributed by atoms with Gasteiger partial charge in [0.15, 0.2) is 5.60 Å². The molecule has 4 N–H and O–H groups in total. The molecular formula is C18H30N2O3. The summed E-state index contributed by atoms with van der Waals surface area (Å²) in [5.41, 5.74) is 5.68. The zero-order valence-electron chi connectivity index (χ0n) is 14.5. The van der Waals surface area contributed by atoms with Crippen LogP contribution in [0.4, 0.5) is 0 Å². The van der Waals surface area contributed by atoms with Crippen LogP contribution in [-0.4, -0.2) is 32.8 Å². The van der Waals surface area contributed by atoms with Crippen molar-refractivity contribution in [2.45, 2.75) is 70.9 Å². The fraction of sp³-hybridized carbons (Fsp3) is 0.667. The molecule has 0 bridgehead atoms. The highest BCUT2D eigenvalue weighted by atomic mass is 16.4. The number of carbonyl (C=O) groups is 1. The fourth-order valence-corrected chi connectivity index (χ4v) is 2.70. The molecule has 1 heterocycles. The van der Waals surface area contributed by atoms with E-state index in [-0.39, 0.29) is 12.3 Å². The standard InChI is InChI=1S/C18H30N2O3/c1-4-5-6-7-14-8-9-20-15(11-14)12-18(23,17(21)22)16(19)10-13(2)3/h8-9,11,13,16,23H,4-7,10,12,19H2,1-3H3,(H,21,22)/t16-,18+/m0/s1. The molecule has 2 atom stereocenters. The Kier molecular flexibility index (Phi) is 7.65. The summed E-state index contributed by atoms with van der Waals surface area (Å²) in [4.78, 5) is 15.8. The molecule has 23 heavy (non-hydrogen) atoms. The van der Waals surface area contributed by atoms with Crippen molar-refractivity contribution in [1.82, 2.24) is 4.98 Å². The molecule has 1 rings (SSSR count). The van der Waals surface area contributed by atoms with E-state index in [4.69, 9.17) is 5.73 Å². The summed E-state index contributed by atoms with van der Waals surface area (Å²) in [7, 11) is 0. The highest BCUT2D eigenvalue weighted by molar-refractivity contribution is 5.78. The minimum absolute atomic E-state index is 0.0716. The molecule has 0 fully saturated rings. The van der Waals surface area contributed by atoms with E-state index in [2.05, 4.69) is 11.9 Å². The number of rotatable bonds is 10. The number of aliphatic hydroxyl groups is 1. The van der Waals surface area contributed by atoms with Crippen molar-refractivity contribution in [1.29, 1.82) is 0 Å². The van der Waals surface area contributed by atoms with E-state index in [9.17, 15) is 15.0 Å². The second-order valence-electron chi connectivity index (χ2n) is 6.75. The quantitative estimate of drug-likeness (QED) is 0.575. The first kappa shape index (κ1) is 19.6. The Morgan fingerprint density at radius 2 is 2.09 bits per heavy atom. The van der Waals surface area contributed by atoms with Crippen LogP contribution < -0.4 is 5.73 Å². The number of hydrogen-bond donors (Lipinski definition) is 3. The number of unbranched alkanes of at least 4 members (excludes halogenated alkanes) is 2. The first-order valence-electron chi connectivity index (χ1n) is 8.44. The molecule has 0 saturated heterocycles. The van der Waals surface area contributed by atoms with Gasteiger partial charge < -0.3 is 15.9 Å². The Morgan fingerprint density at radius 3 is 2.65 bits per heavy atom. The lowest BCUT2D eigenvalue weighted by Gasteiger charge is -2.30. The van der Waals surface area contributed by atoms with Gasteiger partial charge in [0.05, 0.1) is 0 Å². The third-order valence-corrected chi connectivity index (χ3v) is 4.11. The topological polar surface area (TPSA) is 96.4 Å². The second kappa shape index (κ2) is 8.99. The van der Waals surface area contributed by atoms with E-state index < -0.39 is 17.6 Å². The molecule has 0 aliphatic heterocycles. The number of carboxylic acids is 1. The summed E-state index contributed by atoms with van der Waals surface area (Å²) < 4.78 is 0. The van der Waals surface area contributed by atoms with Crippen molar-refractivity contribution in [2.24, 2.45) is 11.7 Å². The van der Waals surface area contributed by atoms with E-state index in [0.717, 1.165) is 31.2 Å². The zero-order valence-corrected chi connectivity index (χ0v) is 14.5. The molecule has 130 valence electrons. The highest BCUT2D eigenvalue weighted by Crippen LogP contribution is 2.22. The lowest BCUT2D eigenvalue weighted by atomic mass is 9.84. The van der Waals surface area contributed by atoms with Gasteiger partial charge in [-0.1, -0.05) is 33.6 Å². The van der Waals surface area contributed by atoms with Crippen LogP contribution in [0.1, 0.15) is 57.7 Å². The van der Waals surface area contributed by atoms with Gasteiger partial charge in [0.1, 0.15) is 0 Å². The van der Waals surface area contributed by atoms with Gasteiger partial charge in [-0.25, -0.2) is 4.79 Å². The monoisotopic (exact) mass is 322 g/mol. The summed E-state index contributed by atoms with van der Waals surface area (Å²) in [6.45, 7) is 6.06. The summed E-state index contributed by atoms with van der Waals surface area (Å²) >= 11 is 0. The number of pyridine rings is 1. The Morgan fingerprint density at radius 1 is 1.39 bits per heavy atom. The van der Waals surface area contributed by atoms with Gasteiger partial charge in [0, 0.05) is 24.4 Å². The predicted octanol–water partition coefficient (Wildman–Crippen LogP) is 2.55. The molecule has 1 aromatic heterocycles. The lowest BCUT2D eigenvalue weighted by Crippen LogP contribution is -2.56. The molecule has 0 aliphatic carbocycles. The van der Waals surface area contributed by atoms with Crippen molar-refractivity contribution in [3.63, 3.8) is 0 Å². The maximum Gasteiger partial charge on any atom is 0.337 e. The first-order valence-corrected chi connectivity index (χ1v) is 8.44. The van der Waals surface area contributed by atoms with Gasteiger partial charge in [-0.2, -0.15) is 0 Å². The van der Waals surface area contributed by atoms with Crippen LogP contribution in [0.5, 0.6) is 0 Å². The average Bonchev–Trinajstić information content (AvgIpc) is 2.47. The molecule has 0 spiro atoms. The SMILES string of the molecule is CCCCCc1ccnc(C[C@](O)(C(=O)O)[C@@H](N)CC(C)C)c1. The largest absolute Gasteiger partial charge is 0.479 e. The predicted molar refractivity (Wildman–Crippen MR) is 91.2 cm³/mol. The van der Waals surface area contributed by atoms with Crippen LogP contribution >= 0.6 is 0 Å². The Bertz CT molecular complexity index is 505. The number of nitrogens with zero attached hydrogens (tertiary/aromatic N) is 1. The molecular weight excluding hydrogens is 292 g/mol. The number of aryl methyl sites for hydroxylation is 1. The van der Waals surface area contributed by atoms with Crippen LogP contribution in [-0.2, 0) is 17.6 Å². The minimum Gasteiger partial charge on any atom is -0.479 e. The molecule has 0 radical (unpaired) electrons. The van der Waals surface area contributed by atoms with Gasteiger partial charge in [-0.15, -0.1) is 0 Å². The second-order valence-corrected chi connectivity index (χ2v) is 6.75. The van der Waals surface area contributed by atoms with Crippen molar-refractivity contribution in [2.75, 3.05) is 0 Å². The van der Waals surface area contributed by atoms with Gasteiger partial charge in [0.2, 0.25) is 0 Å². The van der Waals surface area contributed by atoms with Gasteiger partial charge >= 0.3 is 5.97 Å². The van der Waals surface area contributed by atoms with E-state index >= 15 is 0 Å². The number of hydrogen-bond acceptors (Lipinski definition) is 4. The van der Waals surface area contributed by atoms with E-state index in [1.54, 1.807) is 6.20 Å². The van der Waals surface area contributed by atoms with Crippen molar-refractivity contribution in [3.8, 4) is 0 Å². The summed E-state index contributed by atoms with van der Waals surface area (Å²) in [5.74, 6) is -1.08. The number of nitrogens with two attached hydrogens (primary N) is 1. The minimum atomic E-state index is -1.99. The van der Waals surface area contributed by atoms with Gasteiger partial charge in [-0.05, 0) is 42.9 Å². The summed E-state index contributed by atoms with van der Waals surface area (Å²) in [6.07, 6.45) is 6.39. The van der Waals surface area contributed by atoms with Crippen LogP contribution in [0, 0.1) is 5.92 Å². The molecule has 0 unspecified atom stereocenters. The Labute approximate surface area is 138 Å². The summed E-state index contributed by atoms with van der Waals surface area (Å²) in [5, 5.41) is 20.1. The van der Waals surface area contributed by atoms with Crippen LogP contribution in [0.25, 0.3) is 0 Å². The molecule has 5 heteroatoms. The maximum absolute atomic E-state index is 11.6. The van der Waals surface area contributed by atoms with Crippen LogP contribution in [0.2, 0.25) is 0 Å². The van der Waals surface area contributed by atoms with Crippen LogP contribution in [0.15, 0.2) is 18.3 Å². The fourth-order valence-electron chi connectivity index (χ4n) is 2.70. The molecule has 1 aromatic rings. The van der Waals surface area contributed by atoms with E-state index in [0.29, 0.717) is 12.1 Å². The van der Waals surface area contributed by atoms with Crippen molar-refractivity contribution in [3.05, 3.63) is 29.6 Å². The molecule has 0 saturated carbocycles. The smallest absolute Gasteiger partial charge is 0.337 e. The summed E-state index contributed by atoms with van der Waals surface area (Å²) in [6, 6.07) is 2.99. The Hall–Kier alpha value is -1.46. The Balaban J connectivity index is 2.88. The zero-order chi connectivity index (χ0) is 17.5. The third kappa shape index (κ3) is 5.92. The number of aliphatic carboxylic acids is 1. The molecule has 0 aromatic carbocycles. The maximum atomic E-state index is 11.6. The molecule has 0 aliphatic rings. The number of carboxylic acid groups (broad SMARTS) is 1. The number of aromatic nitrogens is 1. The van der Waals surface area contributed by atoms with Gasteiger partial charge in [-0.3, -0.25) is 4.98 Å². The average molecular weight is 322 g/mol. The molecule has 5 nitrogen and oxygen atoms in total. The van der Waals surface area contributed by atoms with Crippen molar-refractivity contribution >= 4 is 5.97 Å². The van der Waals surface area contributed by atoms with E-state index in [1.807, 2.05) is 26.0 Å². The first-order chi connectivity index (χ1) is 10.8. The molecule has 0 amide bonds. The van der Waals surface area contributed by atoms with Crippen LogP contribution in [0.3, 0.4) is 0 Å². The van der Waals surface area contributed by atoms with Gasteiger partial charge in [0.25, 0.3) is 0 Å². The van der Waals surface area contributed by atoms with E-state index in [1.165, 1.54) is 0 Å². The third-order valence-electron chi connectivity index (χ3n) is 4.11.